The summed E-state index contributed by atoms with van der Waals surface area (Å²) in [6, 6.07) is 27.3. The first-order valence-electron chi connectivity index (χ1n) is 9.61. The van der Waals surface area contributed by atoms with Crippen LogP contribution in [-0.4, -0.2) is 11.5 Å². The van der Waals surface area contributed by atoms with Gasteiger partial charge in [-0.1, -0.05) is 54.6 Å². The molecule has 3 rings (SSSR count). The first-order chi connectivity index (χ1) is 14.3. The SMILES string of the molecule is CC(C)(C)N=C(Nc1ccccc1)NP(=O)(Oc1ccccc1)Oc1ccccc1. The minimum Gasteiger partial charge on any atom is -0.400 e. The number of nitrogens with zero attached hydrogens (tertiary/aromatic N) is 1. The van der Waals surface area contributed by atoms with E-state index in [1.165, 1.54) is 0 Å². The number of aliphatic imine (C=N–C) groups is 1. The number of nitrogens with one attached hydrogen (secondary N) is 2. The molecular weight excluding hydrogens is 397 g/mol. The van der Waals surface area contributed by atoms with Gasteiger partial charge in [-0.3, -0.25) is 0 Å². The van der Waals surface area contributed by atoms with E-state index in [0.717, 1.165) is 5.69 Å². The smallest absolute Gasteiger partial charge is 0.400 e. The lowest BCUT2D eigenvalue weighted by Gasteiger charge is -2.24. The highest BCUT2D eigenvalue weighted by molar-refractivity contribution is 7.53. The molecule has 0 radical (unpaired) electrons. The second-order valence-electron chi connectivity index (χ2n) is 7.54. The topological polar surface area (TPSA) is 72.0 Å². The van der Waals surface area contributed by atoms with Crippen LogP contribution in [0.25, 0.3) is 0 Å². The summed E-state index contributed by atoms with van der Waals surface area (Å²) in [6.45, 7) is 5.84. The molecule has 156 valence electrons. The molecule has 0 fully saturated rings. The average molecular weight is 423 g/mol. The van der Waals surface area contributed by atoms with Gasteiger partial charge in [0.05, 0.1) is 5.54 Å². The molecule has 30 heavy (non-hydrogen) atoms. The molecule has 0 saturated carbocycles. The van der Waals surface area contributed by atoms with Gasteiger partial charge in [-0.15, -0.1) is 0 Å². The summed E-state index contributed by atoms with van der Waals surface area (Å²) in [4.78, 5) is 4.63. The van der Waals surface area contributed by atoms with Crippen molar-refractivity contribution >= 4 is 19.4 Å². The second kappa shape index (κ2) is 9.51. The van der Waals surface area contributed by atoms with Crippen molar-refractivity contribution in [2.24, 2.45) is 4.99 Å². The third-order valence-electron chi connectivity index (χ3n) is 3.66. The van der Waals surface area contributed by atoms with Crippen LogP contribution in [0.5, 0.6) is 11.5 Å². The standard InChI is InChI=1S/C23H26N3O3P/c1-23(2,3)25-22(24-19-13-7-4-8-14-19)26-30(27,28-20-15-9-5-10-16-20)29-21-17-11-6-12-18-21/h4-18H,1-3H3,(H2,24,25,26,27). The van der Waals surface area contributed by atoms with Gasteiger partial charge in [-0.25, -0.2) is 14.6 Å². The van der Waals surface area contributed by atoms with E-state index < -0.39 is 13.3 Å². The fourth-order valence-corrected chi connectivity index (χ4v) is 3.80. The highest BCUT2D eigenvalue weighted by Gasteiger charge is 2.31. The molecule has 0 aliphatic carbocycles. The normalized spacial score (nSPS) is 12.2. The number of para-hydroxylation sites is 3. The van der Waals surface area contributed by atoms with Gasteiger partial charge in [0.2, 0.25) is 5.96 Å². The summed E-state index contributed by atoms with van der Waals surface area (Å²) in [5.41, 5.74) is 0.355. The van der Waals surface area contributed by atoms with Gasteiger partial charge in [0.15, 0.2) is 0 Å². The number of benzene rings is 3. The lowest BCUT2D eigenvalue weighted by atomic mass is 10.1. The molecule has 7 heteroatoms. The Morgan fingerprint density at radius 1 is 0.767 bits per heavy atom. The Balaban J connectivity index is 1.93. The summed E-state index contributed by atoms with van der Waals surface area (Å²) >= 11 is 0. The van der Waals surface area contributed by atoms with Crippen LogP contribution >= 0.6 is 7.75 Å². The molecule has 3 aromatic carbocycles. The quantitative estimate of drug-likeness (QED) is 0.284. The molecule has 2 N–H and O–H groups in total. The number of hydrogen-bond acceptors (Lipinski definition) is 4. The van der Waals surface area contributed by atoms with Gasteiger partial charge in [0, 0.05) is 5.69 Å². The molecule has 0 aromatic heterocycles. The van der Waals surface area contributed by atoms with E-state index in [1.54, 1.807) is 48.5 Å². The molecule has 0 unspecified atom stereocenters. The van der Waals surface area contributed by atoms with Crippen LogP contribution in [0.15, 0.2) is 96.0 Å². The van der Waals surface area contributed by atoms with Crippen LogP contribution in [-0.2, 0) is 4.57 Å². The van der Waals surface area contributed by atoms with E-state index in [-0.39, 0.29) is 5.96 Å². The lowest BCUT2D eigenvalue weighted by molar-refractivity contribution is 0.380. The van der Waals surface area contributed by atoms with E-state index in [1.807, 2.05) is 63.2 Å². The zero-order valence-electron chi connectivity index (χ0n) is 17.3. The lowest BCUT2D eigenvalue weighted by Crippen LogP contribution is -2.34. The average Bonchev–Trinajstić information content (AvgIpc) is 2.68. The summed E-state index contributed by atoms with van der Waals surface area (Å²) in [7, 11) is -3.89. The Labute approximate surface area is 177 Å². The van der Waals surface area contributed by atoms with Crippen molar-refractivity contribution in [2.45, 2.75) is 26.3 Å². The maximum atomic E-state index is 13.8. The van der Waals surface area contributed by atoms with Gasteiger partial charge < -0.3 is 14.4 Å². The van der Waals surface area contributed by atoms with Crippen LogP contribution in [0.4, 0.5) is 5.69 Å². The van der Waals surface area contributed by atoms with Crippen molar-refractivity contribution in [3.8, 4) is 11.5 Å². The number of rotatable bonds is 6. The zero-order chi connectivity index (χ0) is 21.5. The van der Waals surface area contributed by atoms with Crippen molar-refractivity contribution in [2.75, 3.05) is 5.32 Å². The van der Waals surface area contributed by atoms with E-state index in [9.17, 15) is 4.57 Å². The van der Waals surface area contributed by atoms with E-state index in [2.05, 4.69) is 15.4 Å². The van der Waals surface area contributed by atoms with Crippen molar-refractivity contribution in [3.05, 3.63) is 91.0 Å². The largest absolute Gasteiger partial charge is 0.544 e. The third kappa shape index (κ3) is 6.98. The molecule has 0 atom stereocenters. The second-order valence-corrected chi connectivity index (χ2v) is 9.12. The summed E-state index contributed by atoms with van der Waals surface area (Å²) in [5.74, 6) is 1.11. The van der Waals surface area contributed by atoms with Gasteiger partial charge in [0.1, 0.15) is 11.5 Å². The van der Waals surface area contributed by atoms with Crippen LogP contribution in [0.2, 0.25) is 0 Å². The van der Waals surface area contributed by atoms with Gasteiger partial charge in [0.25, 0.3) is 0 Å². The first kappa shape index (κ1) is 21.5. The molecule has 0 saturated heterocycles. The highest BCUT2D eigenvalue weighted by atomic mass is 31.2. The van der Waals surface area contributed by atoms with Crippen LogP contribution in [0.3, 0.4) is 0 Å². The third-order valence-corrected chi connectivity index (χ3v) is 5.05. The van der Waals surface area contributed by atoms with Crippen molar-refractivity contribution in [3.63, 3.8) is 0 Å². The molecule has 0 amide bonds. The molecule has 0 bridgehead atoms. The monoisotopic (exact) mass is 423 g/mol. The first-order valence-corrected chi connectivity index (χ1v) is 11.2. The van der Waals surface area contributed by atoms with Crippen LogP contribution in [0.1, 0.15) is 20.8 Å². The van der Waals surface area contributed by atoms with Crippen molar-refractivity contribution < 1.29 is 13.6 Å². The minimum atomic E-state index is -3.89. The maximum absolute atomic E-state index is 13.8. The predicted octanol–water partition coefficient (Wildman–Crippen LogP) is 6.11. The minimum absolute atomic E-state index is 0.281. The molecule has 6 nitrogen and oxygen atoms in total. The highest BCUT2D eigenvalue weighted by Crippen LogP contribution is 2.44. The Hall–Kier alpha value is -3.24. The maximum Gasteiger partial charge on any atom is 0.544 e. The molecule has 0 heterocycles. The number of anilines is 1. The number of hydrogen-bond donors (Lipinski definition) is 2. The van der Waals surface area contributed by atoms with E-state index >= 15 is 0 Å². The fraction of sp³-hybridized carbons (Fsp3) is 0.174. The number of guanidine groups is 1. The summed E-state index contributed by atoms with van der Waals surface area (Å²) in [5, 5.41) is 6.05. The van der Waals surface area contributed by atoms with E-state index in [4.69, 9.17) is 9.05 Å². The zero-order valence-corrected chi connectivity index (χ0v) is 18.2. The Morgan fingerprint density at radius 3 is 1.63 bits per heavy atom. The summed E-state index contributed by atoms with van der Waals surface area (Å²) in [6.07, 6.45) is 0. The van der Waals surface area contributed by atoms with Gasteiger partial charge in [-0.2, -0.15) is 0 Å². The molecule has 0 aliphatic heterocycles. The van der Waals surface area contributed by atoms with Crippen molar-refractivity contribution in [1.82, 2.24) is 5.09 Å². The van der Waals surface area contributed by atoms with Crippen LogP contribution in [0, 0.1) is 0 Å². The molecule has 0 aliphatic rings. The predicted molar refractivity (Wildman–Crippen MR) is 122 cm³/mol. The fourth-order valence-electron chi connectivity index (χ4n) is 2.51. The Kier molecular flexibility index (Phi) is 6.80. The van der Waals surface area contributed by atoms with Gasteiger partial charge >= 0.3 is 7.75 Å². The van der Waals surface area contributed by atoms with Gasteiger partial charge in [-0.05, 0) is 57.2 Å². The Bertz CT molecular complexity index is 959. The van der Waals surface area contributed by atoms with Crippen molar-refractivity contribution in [1.29, 1.82) is 0 Å². The summed E-state index contributed by atoms with van der Waals surface area (Å²) < 4.78 is 25.3. The molecule has 0 spiro atoms. The molecule has 3 aromatic rings. The Morgan fingerprint density at radius 2 is 1.20 bits per heavy atom. The van der Waals surface area contributed by atoms with E-state index in [0.29, 0.717) is 11.5 Å². The van der Waals surface area contributed by atoms with Crippen LogP contribution < -0.4 is 19.5 Å². The molecular formula is C23H26N3O3P.